The van der Waals surface area contributed by atoms with Crippen LogP contribution in [0.5, 0.6) is 0 Å². The molecule has 10 N–H and O–H groups in total. The number of benzene rings is 1. The molecule has 0 aliphatic carbocycles. The lowest BCUT2D eigenvalue weighted by Crippen LogP contribution is -2.76. The fraction of sp³-hybridized carbons (Fsp3) is 0.708. The summed E-state index contributed by atoms with van der Waals surface area (Å²) in [5, 5.41) is 37.3. The first kappa shape index (κ1) is 36.7. The predicted molar refractivity (Wildman–Crippen MR) is 138 cm³/mol. The second-order valence-electron chi connectivity index (χ2n) is 9.15. The summed E-state index contributed by atoms with van der Waals surface area (Å²) in [6.45, 7) is 5.22. The van der Waals surface area contributed by atoms with E-state index in [1.165, 1.54) is 26.4 Å². The molecule has 2 saturated heterocycles. The Morgan fingerprint density at radius 3 is 1.74 bits per heavy atom. The molecule has 0 bridgehead atoms. The molecule has 10 atom stereocenters. The standard InChI is InChI=1S/2C8H17NO4.C7H8O3S.CH3/c2*1-4-5(3-10)13-8(12-2)6(9)7(4)11;1-6-2-4-7(5-3-6)11(8,9)10;/h2*4-8,10-11H,3,9H2,1-2H3;2-5H,1H3,(H,8,9,10);1H3/q;;;-1/p+1. The number of aliphatic hydroxyl groups excluding tert-OH is 4. The number of hydrogen-bond acceptors (Lipinski definition) is 11. The Morgan fingerprint density at radius 2 is 1.34 bits per heavy atom. The molecule has 224 valence electrons. The molecule has 0 saturated carbocycles. The van der Waals surface area contributed by atoms with Gasteiger partial charge in [-0.3, -0.25) is 4.55 Å². The third-order valence-electron chi connectivity index (χ3n) is 6.51. The van der Waals surface area contributed by atoms with E-state index in [0.29, 0.717) is 0 Å². The van der Waals surface area contributed by atoms with Crippen molar-refractivity contribution in [1.29, 1.82) is 0 Å². The second kappa shape index (κ2) is 16.7. The molecule has 0 radical (unpaired) electrons. The molecule has 0 spiro atoms. The van der Waals surface area contributed by atoms with E-state index in [0.717, 1.165) is 5.56 Å². The third kappa shape index (κ3) is 10.0. The topological polar surface area (TPSA) is 226 Å². The van der Waals surface area contributed by atoms with Crippen LogP contribution in [0.15, 0.2) is 29.2 Å². The van der Waals surface area contributed by atoms with Gasteiger partial charge in [-0.25, -0.2) is 0 Å². The Morgan fingerprint density at radius 1 is 0.921 bits per heavy atom. The van der Waals surface area contributed by atoms with Crippen LogP contribution in [-0.2, 0) is 29.1 Å². The number of aliphatic hydroxyl groups is 4. The van der Waals surface area contributed by atoms with Crippen LogP contribution in [0.3, 0.4) is 0 Å². The number of rotatable bonds is 5. The summed E-state index contributed by atoms with van der Waals surface area (Å²) in [6.07, 6.45) is -3.21. The van der Waals surface area contributed by atoms with Gasteiger partial charge >= 0.3 is 0 Å². The minimum atomic E-state index is -4.02. The first-order valence-electron chi connectivity index (χ1n) is 11.8. The largest absolute Gasteiger partial charge is 0.394 e. The van der Waals surface area contributed by atoms with Crippen molar-refractivity contribution in [3.63, 3.8) is 0 Å². The van der Waals surface area contributed by atoms with Crippen LogP contribution < -0.4 is 11.5 Å². The average Bonchev–Trinajstić information content (AvgIpc) is 2.87. The Bertz CT molecular complexity index is 814. The van der Waals surface area contributed by atoms with Gasteiger partial charge in [-0.05, 0) is 19.1 Å². The molecule has 1 aromatic carbocycles. The van der Waals surface area contributed by atoms with E-state index < -0.39 is 47.1 Å². The van der Waals surface area contributed by atoms with Gasteiger partial charge in [0.15, 0.2) is 12.3 Å². The molecular formula is C24H46N2O11S. The normalized spacial score (nSPS) is 35.1. The lowest BCUT2D eigenvalue weighted by molar-refractivity contribution is -0.497. The number of nitrogens with two attached hydrogens (primary N) is 1. The zero-order valence-electron chi connectivity index (χ0n) is 22.9. The molecule has 3 rings (SSSR count). The highest BCUT2D eigenvalue weighted by Crippen LogP contribution is 2.25. The molecule has 14 heteroatoms. The summed E-state index contributed by atoms with van der Waals surface area (Å²) in [6, 6.07) is 5.13. The van der Waals surface area contributed by atoms with E-state index in [2.05, 4.69) is 5.73 Å². The van der Waals surface area contributed by atoms with Crippen molar-refractivity contribution in [2.75, 3.05) is 27.4 Å². The maximum Gasteiger partial charge on any atom is 0.294 e. The van der Waals surface area contributed by atoms with Crippen molar-refractivity contribution < 1.29 is 58.1 Å². The van der Waals surface area contributed by atoms with Gasteiger partial charge in [0.1, 0.15) is 6.10 Å². The van der Waals surface area contributed by atoms with Crippen LogP contribution in [0.25, 0.3) is 0 Å². The number of hydrogen-bond donors (Lipinski definition) is 7. The smallest absolute Gasteiger partial charge is 0.294 e. The van der Waals surface area contributed by atoms with Crippen LogP contribution in [-0.4, -0.2) is 110 Å². The predicted octanol–water partition coefficient (Wildman–Crippen LogP) is -1.68. The van der Waals surface area contributed by atoms with Crippen LogP contribution >= 0.6 is 0 Å². The van der Waals surface area contributed by atoms with E-state index in [1.54, 1.807) is 19.1 Å². The van der Waals surface area contributed by atoms with Crippen molar-refractivity contribution in [3.05, 3.63) is 37.3 Å². The Kier molecular flexibility index (Phi) is 16.2. The SMILES string of the molecule is COC1OC(CO)C(C)C(O)C1N.COC1OC(CO)C(C)C(O)C1[NH3+].Cc1ccc(S(=O)(=O)O)cc1.[CH3-]. The van der Waals surface area contributed by atoms with Crippen molar-refractivity contribution in [3.8, 4) is 0 Å². The molecule has 2 aliphatic rings. The minimum absolute atomic E-state index is 0. The molecule has 0 amide bonds. The molecule has 13 nitrogen and oxygen atoms in total. The molecule has 38 heavy (non-hydrogen) atoms. The van der Waals surface area contributed by atoms with E-state index in [-0.39, 0.29) is 49.5 Å². The van der Waals surface area contributed by atoms with E-state index in [4.69, 9.17) is 39.4 Å². The van der Waals surface area contributed by atoms with Crippen LogP contribution in [0.4, 0.5) is 0 Å². The molecule has 2 fully saturated rings. The molecule has 2 heterocycles. The highest BCUT2D eigenvalue weighted by molar-refractivity contribution is 7.85. The zero-order chi connectivity index (χ0) is 28.5. The van der Waals surface area contributed by atoms with Crippen molar-refractivity contribution in [2.45, 2.75) is 74.7 Å². The maximum absolute atomic E-state index is 10.5. The van der Waals surface area contributed by atoms with Crippen molar-refractivity contribution in [1.82, 2.24) is 0 Å². The Labute approximate surface area is 225 Å². The Hall–Kier alpha value is -1.27. The van der Waals surface area contributed by atoms with Gasteiger partial charge in [0, 0.05) is 26.1 Å². The Balaban J connectivity index is 0.000000536. The quantitative estimate of drug-likeness (QED) is 0.156. The lowest BCUT2D eigenvalue weighted by Gasteiger charge is -2.40. The monoisotopic (exact) mass is 570 g/mol. The van der Waals surface area contributed by atoms with Crippen LogP contribution in [0, 0.1) is 26.2 Å². The van der Waals surface area contributed by atoms with Gasteiger partial charge in [-0.15, -0.1) is 0 Å². The number of ether oxygens (including phenoxy) is 4. The maximum atomic E-state index is 10.5. The zero-order valence-corrected chi connectivity index (χ0v) is 23.7. The fourth-order valence-electron chi connectivity index (χ4n) is 3.86. The highest BCUT2D eigenvalue weighted by atomic mass is 32.2. The molecule has 1 aromatic rings. The van der Waals surface area contributed by atoms with Gasteiger partial charge < -0.3 is 58.3 Å². The number of methoxy groups -OCH3 is 2. The summed E-state index contributed by atoms with van der Waals surface area (Å²) in [5.74, 6) is -0.287. The van der Waals surface area contributed by atoms with E-state index in [1.807, 2.05) is 13.8 Å². The number of aryl methyl sites for hydroxylation is 1. The summed E-state index contributed by atoms with van der Waals surface area (Å²) in [5.41, 5.74) is 10.4. The first-order valence-corrected chi connectivity index (χ1v) is 13.2. The van der Waals surface area contributed by atoms with Crippen molar-refractivity contribution >= 4 is 10.1 Å². The summed E-state index contributed by atoms with van der Waals surface area (Å²) in [4.78, 5) is -0.0666. The molecule has 10 unspecified atom stereocenters. The molecule has 2 aliphatic heterocycles. The van der Waals surface area contributed by atoms with Crippen molar-refractivity contribution in [2.24, 2.45) is 17.6 Å². The second-order valence-corrected chi connectivity index (χ2v) is 10.6. The first-order chi connectivity index (χ1) is 17.2. The molecular weight excluding hydrogens is 524 g/mol. The third-order valence-corrected chi connectivity index (χ3v) is 7.38. The highest BCUT2D eigenvalue weighted by Gasteiger charge is 2.43. The van der Waals surface area contributed by atoms with Crippen LogP contribution in [0.2, 0.25) is 0 Å². The average molecular weight is 571 g/mol. The summed E-state index contributed by atoms with van der Waals surface area (Å²) in [7, 11) is -1.06. The number of quaternary nitrogens is 1. The van der Waals surface area contributed by atoms with Gasteiger partial charge in [-0.2, -0.15) is 8.42 Å². The van der Waals surface area contributed by atoms with E-state index >= 15 is 0 Å². The lowest BCUT2D eigenvalue weighted by atomic mass is 9.90. The minimum Gasteiger partial charge on any atom is -0.394 e. The van der Waals surface area contributed by atoms with Gasteiger partial charge in [0.2, 0.25) is 6.29 Å². The van der Waals surface area contributed by atoms with Gasteiger partial charge in [0.05, 0.1) is 42.5 Å². The van der Waals surface area contributed by atoms with Gasteiger partial charge in [0.25, 0.3) is 10.1 Å². The van der Waals surface area contributed by atoms with E-state index in [9.17, 15) is 18.6 Å². The van der Waals surface area contributed by atoms with Crippen LogP contribution in [0.1, 0.15) is 19.4 Å². The fourth-order valence-corrected chi connectivity index (χ4v) is 4.34. The summed E-state index contributed by atoms with van der Waals surface area (Å²) < 4.78 is 50.2. The van der Waals surface area contributed by atoms with Gasteiger partial charge in [-0.1, -0.05) is 31.5 Å². The summed E-state index contributed by atoms with van der Waals surface area (Å²) >= 11 is 0. The molecule has 0 aromatic heterocycles.